The van der Waals surface area contributed by atoms with Gasteiger partial charge in [-0.3, -0.25) is 0 Å². The van der Waals surface area contributed by atoms with E-state index in [9.17, 15) is 0 Å². The summed E-state index contributed by atoms with van der Waals surface area (Å²) in [6, 6.07) is 0. The highest BCUT2D eigenvalue weighted by molar-refractivity contribution is 6.18. The van der Waals surface area contributed by atoms with Crippen molar-refractivity contribution in [2.75, 3.05) is 5.88 Å². The Balaban J connectivity index is 2.34. The number of alkyl halides is 1. The highest BCUT2D eigenvalue weighted by Crippen LogP contribution is 2.43. The molecule has 1 aliphatic carbocycles. The summed E-state index contributed by atoms with van der Waals surface area (Å²) in [5.41, 5.74) is 0.534. The van der Waals surface area contributed by atoms with Crippen LogP contribution >= 0.6 is 11.6 Å². The second-order valence-corrected chi connectivity index (χ2v) is 5.04. The van der Waals surface area contributed by atoms with Crippen LogP contribution in [0.2, 0.25) is 0 Å². The van der Waals surface area contributed by atoms with Crippen LogP contribution in [0.1, 0.15) is 52.4 Å². The van der Waals surface area contributed by atoms with Gasteiger partial charge in [-0.25, -0.2) is 0 Å². The second kappa shape index (κ2) is 4.50. The molecule has 0 saturated heterocycles. The van der Waals surface area contributed by atoms with Crippen LogP contribution in [0.15, 0.2) is 0 Å². The minimum Gasteiger partial charge on any atom is -0.126 e. The van der Waals surface area contributed by atoms with Crippen LogP contribution in [0.4, 0.5) is 0 Å². The lowest BCUT2D eigenvalue weighted by molar-refractivity contribution is 0.287. The van der Waals surface area contributed by atoms with E-state index >= 15 is 0 Å². The first-order valence-electron chi connectivity index (χ1n) is 5.24. The maximum absolute atomic E-state index is 6.05. The number of rotatable bonds is 4. The Morgan fingerprint density at radius 2 is 1.83 bits per heavy atom. The van der Waals surface area contributed by atoms with E-state index in [-0.39, 0.29) is 0 Å². The van der Waals surface area contributed by atoms with Crippen molar-refractivity contribution in [1.29, 1.82) is 0 Å². The van der Waals surface area contributed by atoms with Gasteiger partial charge < -0.3 is 0 Å². The quantitative estimate of drug-likeness (QED) is 0.580. The highest BCUT2D eigenvalue weighted by Gasteiger charge is 2.32. The smallest absolute Gasteiger partial charge is 0.0280 e. The normalized spacial score (nSPS) is 22.0. The molecule has 0 aromatic carbocycles. The fourth-order valence-electron chi connectivity index (χ4n) is 2.17. The lowest BCUT2D eigenvalue weighted by atomic mass is 9.82. The molecule has 0 radical (unpaired) electrons. The average molecular weight is 189 g/mol. The van der Waals surface area contributed by atoms with Gasteiger partial charge in [0.15, 0.2) is 0 Å². The lowest BCUT2D eigenvalue weighted by Gasteiger charge is -2.26. The van der Waals surface area contributed by atoms with Gasteiger partial charge in [0.25, 0.3) is 0 Å². The maximum Gasteiger partial charge on any atom is 0.0280 e. The molecule has 1 rings (SSSR count). The van der Waals surface area contributed by atoms with Crippen molar-refractivity contribution in [3.63, 3.8) is 0 Å². The van der Waals surface area contributed by atoms with Crippen molar-refractivity contribution >= 4 is 11.6 Å². The third-order valence-electron chi connectivity index (χ3n) is 3.20. The van der Waals surface area contributed by atoms with E-state index in [1.54, 1.807) is 0 Å². The Bertz CT molecular complexity index is 123. The van der Waals surface area contributed by atoms with Gasteiger partial charge in [0.05, 0.1) is 0 Å². The molecule has 1 heteroatoms. The Labute approximate surface area is 81.7 Å². The molecule has 0 amide bonds. The van der Waals surface area contributed by atoms with Crippen molar-refractivity contribution < 1.29 is 0 Å². The van der Waals surface area contributed by atoms with E-state index < -0.39 is 0 Å². The lowest BCUT2D eigenvalue weighted by Crippen LogP contribution is -2.18. The Morgan fingerprint density at radius 1 is 1.25 bits per heavy atom. The topological polar surface area (TPSA) is 0 Å². The van der Waals surface area contributed by atoms with E-state index in [1.165, 1.54) is 38.5 Å². The van der Waals surface area contributed by atoms with E-state index in [0.717, 1.165) is 11.8 Å². The summed E-state index contributed by atoms with van der Waals surface area (Å²) >= 11 is 6.05. The van der Waals surface area contributed by atoms with Crippen LogP contribution in [0.3, 0.4) is 0 Å². The van der Waals surface area contributed by atoms with E-state index in [4.69, 9.17) is 11.6 Å². The Hall–Kier alpha value is 0.290. The molecule has 72 valence electrons. The van der Waals surface area contributed by atoms with Gasteiger partial charge >= 0.3 is 0 Å². The molecule has 1 saturated carbocycles. The van der Waals surface area contributed by atoms with E-state index in [2.05, 4.69) is 13.8 Å². The second-order valence-electron chi connectivity index (χ2n) is 4.77. The number of halogens is 1. The molecule has 0 atom stereocenters. The SMILES string of the molecule is CC(C)CCC1(CCl)CCCC1. The molecule has 0 aliphatic heterocycles. The molecule has 0 bridgehead atoms. The summed E-state index contributed by atoms with van der Waals surface area (Å²) < 4.78 is 0. The summed E-state index contributed by atoms with van der Waals surface area (Å²) in [5, 5.41) is 0. The van der Waals surface area contributed by atoms with Gasteiger partial charge in [-0.1, -0.05) is 33.1 Å². The summed E-state index contributed by atoms with van der Waals surface area (Å²) in [7, 11) is 0. The largest absolute Gasteiger partial charge is 0.126 e. The van der Waals surface area contributed by atoms with Crippen LogP contribution in [0, 0.1) is 11.3 Å². The monoisotopic (exact) mass is 188 g/mol. The van der Waals surface area contributed by atoms with Crippen LogP contribution < -0.4 is 0 Å². The zero-order chi connectivity index (χ0) is 9.03. The summed E-state index contributed by atoms with van der Waals surface area (Å²) in [6.07, 6.45) is 8.28. The third-order valence-corrected chi connectivity index (χ3v) is 3.77. The Morgan fingerprint density at radius 3 is 2.25 bits per heavy atom. The van der Waals surface area contributed by atoms with Crippen LogP contribution in [-0.2, 0) is 0 Å². The molecule has 0 N–H and O–H groups in total. The molecule has 1 aliphatic rings. The predicted octanol–water partition coefficient (Wildman–Crippen LogP) is 4.22. The zero-order valence-corrected chi connectivity index (χ0v) is 9.16. The zero-order valence-electron chi connectivity index (χ0n) is 8.41. The number of hydrogen-bond acceptors (Lipinski definition) is 0. The van der Waals surface area contributed by atoms with Gasteiger partial charge in [0.1, 0.15) is 0 Å². The average Bonchev–Trinajstić information content (AvgIpc) is 2.50. The first-order chi connectivity index (χ1) is 5.68. The van der Waals surface area contributed by atoms with Gasteiger partial charge in [0.2, 0.25) is 0 Å². The number of hydrogen-bond donors (Lipinski definition) is 0. The summed E-state index contributed by atoms with van der Waals surface area (Å²) in [4.78, 5) is 0. The Kier molecular flexibility index (Phi) is 3.89. The minimum atomic E-state index is 0.534. The van der Waals surface area contributed by atoms with Crippen molar-refractivity contribution in [2.24, 2.45) is 11.3 Å². The summed E-state index contributed by atoms with van der Waals surface area (Å²) in [5.74, 6) is 1.73. The van der Waals surface area contributed by atoms with Gasteiger partial charge in [0, 0.05) is 5.88 Å². The van der Waals surface area contributed by atoms with Crippen molar-refractivity contribution in [1.82, 2.24) is 0 Å². The molecular weight excluding hydrogens is 168 g/mol. The molecule has 0 aromatic heterocycles. The maximum atomic E-state index is 6.05. The predicted molar refractivity (Wildman–Crippen MR) is 55.7 cm³/mol. The first-order valence-corrected chi connectivity index (χ1v) is 5.78. The molecule has 0 spiro atoms. The molecule has 0 heterocycles. The first kappa shape index (κ1) is 10.4. The summed E-state index contributed by atoms with van der Waals surface area (Å²) in [6.45, 7) is 4.60. The molecule has 12 heavy (non-hydrogen) atoms. The van der Waals surface area contributed by atoms with Gasteiger partial charge in [-0.05, 0) is 30.6 Å². The van der Waals surface area contributed by atoms with Crippen molar-refractivity contribution in [2.45, 2.75) is 52.4 Å². The minimum absolute atomic E-state index is 0.534. The fraction of sp³-hybridized carbons (Fsp3) is 1.00. The molecule has 0 aromatic rings. The molecular formula is C11H21Cl. The molecule has 0 unspecified atom stereocenters. The van der Waals surface area contributed by atoms with Crippen LogP contribution in [-0.4, -0.2) is 5.88 Å². The van der Waals surface area contributed by atoms with Crippen molar-refractivity contribution in [3.8, 4) is 0 Å². The third kappa shape index (κ3) is 2.65. The van der Waals surface area contributed by atoms with E-state index in [1.807, 2.05) is 0 Å². The van der Waals surface area contributed by atoms with Crippen LogP contribution in [0.5, 0.6) is 0 Å². The highest BCUT2D eigenvalue weighted by atomic mass is 35.5. The van der Waals surface area contributed by atoms with E-state index in [0.29, 0.717) is 5.41 Å². The molecule has 1 fully saturated rings. The van der Waals surface area contributed by atoms with Crippen LogP contribution in [0.25, 0.3) is 0 Å². The fourth-order valence-corrected chi connectivity index (χ4v) is 2.57. The standard InChI is InChI=1S/C11H21Cl/c1-10(2)5-8-11(9-12)6-3-4-7-11/h10H,3-9H2,1-2H3. The van der Waals surface area contributed by atoms with Gasteiger partial charge in [-0.2, -0.15) is 0 Å². The van der Waals surface area contributed by atoms with Crippen molar-refractivity contribution in [3.05, 3.63) is 0 Å². The molecule has 0 nitrogen and oxygen atoms in total. The van der Waals surface area contributed by atoms with Gasteiger partial charge in [-0.15, -0.1) is 11.6 Å².